The van der Waals surface area contributed by atoms with Crippen LogP contribution in [-0.2, 0) is 6.54 Å². The second kappa shape index (κ2) is 6.53. The van der Waals surface area contributed by atoms with Crippen LogP contribution in [0.2, 0.25) is 0 Å². The van der Waals surface area contributed by atoms with Gasteiger partial charge in [0.1, 0.15) is 5.75 Å². The van der Waals surface area contributed by atoms with E-state index in [4.69, 9.17) is 5.11 Å². The van der Waals surface area contributed by atoms with Crippen LogP contribution in [0.1, 0.15) is 19.4 Å². The minimum absolute atomic E-state index is 0.00399. The standard InChI is InChI=1S/C12H11NO2.C2H6/c14-11-6-7-13(12(15)8-11)9-10-4-2-1-3-5-10;1-2/h1-8,14H,9H2;1-2H3. The second-order valence-corrected chi connectivity index (χ2v) is 3.34. The molecular weight excluding hydrogens is 214 g/mol. The first-order valence-corrected chi connectivity index (χ1v) is 5.69. The molecule has 1 aromatic carbocycles. The van der Waals surface area contributed by atoms with Gasteiger partial charge in [0.25, 0.3) is 5.56 Å². The molecule has 0 aliphatic carbocycles. The molecule has 1 heterocycles. The van der Waals surface area contributed by atoms with Crippen LogP contribution < -0.4 is 5.56 Å². The van der Waals surface area contributed by atoms with Crippen molar-refractivity contribution in [3.8, 4) is 5.75 Å². The van der Waals surface area contributed by atoms with Gasteiger partial charge in [0, 0.05) is 12.3 Å². The van der Waals surface area contributed by atoms with Gasteiger partial charge < -0.3 is 9.67 Å². The SMILES string of the molecule is CC.O=c1cc(O)ccn1Cc1ccccc1. The Morgan fingerprint density at radius 1 is 1.12 bits per heavy atom. The van der Waals surface area contributed by atoms with Crippen LogP contribution in [0.4, 0.5) is 0 Å². The van der Waals surface area contributed by atoms with Crippen molar-refractivity contribution in [1.29, 1.82) is 0 Å². The van der Waals surface area contributed by atoms with Gasteiger partial charge in [0.2, 0.25) is 0 Å². The number of nitrogens with zero attached hydrogens (tertiary/aromatic N) is 1. The Morgan fingerprint density at radius 3 is 2.35 bits per heavy atom. The summed E-state index contributed by atoms with van der Waals surface area (Å²) in [4.78, 5) is 11.4. The lowest BCUT2D eigenvalue weighted by molar-refractivity contribution is 0.471. The van der Waals surface area contributed by atoms with E-state index in [2.05, 4.69) is 0 Å². The summed E-state index contributed by atoms with van der Waals surface area (Å²) in [5.74, 6) is 0.00399. The van der Waals surface area contributed by atoms with Gasteiger partial charge in [-0.3, -0.25) is 4.79 Å². The van der Waals surface area contributed by atoms with Crippen LogP contribution in [0.15, 0.2) is 53.5 Å². The van der Waals surface area contributed by atoms with E-state index in [1.165, 1.54) is 12.1 Å². The van der Waals surface area contributed by atoms with E-state index in [0.29, 0.717) is 6.54 Å². The summed E-state index contributed by atoms with van der Waals surface area (Å²) in [5, 5.41) is 9.09. The first kappa shape index (κ1) is 13.0. The van der Waals surface area contributed by atoms with Crippen LogP contribution in [-0.4, -0.2) is 9.67 Å². The first-order valence-electron chi connectivity index (χ1n) is 5.69. The summed E-state index contributed by atoms with van der Waals surface area (Å²) >= 11 is 0. The molecule has 1 N–H and O–H groups in total. The molecule has 0 aliphatic rings. The van der Waals surface area contributed by atoms with Crippen LogP contribution in [0.5, 0.6) is 5.75 Å². The second-order valence-electron chi connectivity index (χ2n) is 3.34. The van der Waals surface area contributed by atoms with Gasteiger partial charge in [-0.05, 0) is 11.6 Å². The van der Waals surface area contributed by atoms with E-state index in [1.54, 1.807) is 10.8 Å². The molecular formula is C14H17NO2. The van der Waals surface area contributed by atoms with E-state index in [-0.39, 0.29) is 11.3 Å². The summed E-state index contributed by atoms with van der Waals surface area (Å²) in [7, 11) is 0. The molecule has 3 nitrogen and oxygen atoms in total. The molecule has 0 bridgehead atoms. The van der Waals surface area contributed by atoms with Crippen LogP contribution in [0, 0.1) is 0 Å². The molecule has 0 radical (unpaired) electrons. The number of pyridine rings is 1. The largest absolute Gasteiger partial charge is 0.508 e. The zero-order chi connectivity index (χ0) is 12.7. The molecule has 0 spiro atoms. The van der Waals surface area contributed by atoms with Gasteiger partial charge in [-0.15, -0.1) is 0 Å². The fourth-order valence-electron chi connectivity index (χ4n) is 1.41. The highest BCUT2D eigenvalue weighted by atomic mass is 16.3. The normalized spacial score (nSPS) is 9.29. The van der Waals surface area contributed by atoms with E-state index in [9.17, 15) is 4.79 Å². The Labute approximate surface area is 101 Å². The molecule has 0 saturated carbocycles. The summed E-state index contributed by atoms with van der Waals surface area (Å²) in [6, 6.07) is 12.4. The van der Waals surface area contributed by atoms with Crippen molar-refractivity contribution in [2.75, 3.05) is 0 Å². The molecule has 2 aromatic rings. The maximum atomic E-state index is 11.4. The van der Waals surface area contributed by atoms with E-state index < -0.39 is 0 Å². The molecule has 3 heteroatoms. The third-order valence-electron chi connectivity index (χ3n) is 2.18. The summed E-state index contributed by atoms with van der Waals surface area (Å²) in [5.41, 5.74) is 0.865. The Bertz CT molecular complexity index is 503. The molecule has 0 amide bonds. The number of rotatable bonds is 2. The average Bonchev–Trinajstić information content (AvgIpc) is 2.37. The third kappa shape index (κ3) is 3.79. The molecule has 0 unspecified atom stereocenters. The van der Waals surface area contributed by atoms with Gasteiger partial charge in [-0.1, -0.05) is 44.2 Å². The monoisotopic (exact) mass is 231 g/mol. The van der Waals surface area contributed by atoms with E-state index in [0.717, 1.165) is 5.56 Å². The highest BCUT2D eigenvalue weighted by Gasteiger charge is 1.97. The van der Waals surface area contributed by atoms with Crippen molar-refractivity contribution in [2.24, 2.45) is 0 Å². The predicted molar refractivity (Wildman–Crippen MR) is 69.3 cm³/mol. The molecule has 0 aliphatic heterocycles. The lowest BCUT2D eigenvalue weighted by atomic mass is 10.2. The fourth-order valence-corrected chi connectivity index (χ4v) is 1.41. The first-order chi connectivity index (χ1) is 8.25. The molecule has 17 heavy (non-hydrogen) atoms. The molecule has 0 atom stereocenters. The lowest BCUT2D eigenvalue weighted by Crippen LogP contribution is -2.18. The van der Waals surface area contributed by atoms with E-state index >= 15 is 0 Å². The Kier molecular flexibility index (Phi) is 5.01. The van der Waals surface area contributed by atoms with Gasteiger partial charge in [-0.25, -0.2) is 0 Å². The number of benzene rings is 1. The van der Waals surface area contributed by atoms with Crippen molar-refractivity contribution in [1.82, 2.24) is 4.57 Å². The molecule has 90 valence electrons. The molecule has 2 rings (SSSR count). The van der Waals surface area contributed by atoms with Crippen molar-refractivity contribution < 1.29 is 5.11 Å². The lowest BCUT2D eigenvalue weighted by Gasteiger charge is -2.04. The smallest absolute Gasteiger partial charge is 0.254 e. The topological polar surface area (TPSA) is 42.2 Å². The van der Waals surface area contributed by atoms with Gasteiger partial charge in [0.05, 0.1) is 6.54 Å². The van der Waals surface area contributed by atoms with Crippen LogP contribution >= 0.6 is 0 Å². The fraction of sp³-hybridized carbons (Fsp3) is 0.214. The van der Waals surface area contributed by atoms with Crippen molar-refractivity contribution in [2.45, 2.75) is 20.4 Å². The zero-order valence-electron chi connectivity index (χ0n) is 10.1. The predicted octanol–water partition coefficient (Wildman–Crippen LogP) is 2.63. The third-order valence-corrected chi connectivity index (χ3v) is 2.18. The number of aromatic nitrogens is 1. The summed E-state index contributed by atoms with van der Waals surface area (Å²) in [6.07, 6.45) is 1.59. The highest BCUT2D eigenvalue weighted by molar-refractivity contribution is 5.18. The minimum Gasteiger partial charge on any atom is -0.508 e. The maximum absolute atomic E-state index is 11.4. The number of hydrogen-bond acceptors (Lipinski definition) is 2. The van der Waals surface area contributed by atoms with Crippen LogP contribution in [0.3, 0.4) is 0 Å². The molecule has 0 saturated heterocycles. The van der Waals surface area contributed by atoms with Crippen molar-refractivity contribution in [3.63, 3.8) is 0 Å². The number of hydrogen-bond donors (Lipinski definition) is 1. The maximum Gasteiger partial charge on any atom is 0.254 e. The minimum atomic E-state index is -0.196. The number of aromatic hydroxyl groups is 1. The van der Waals surface area contributed by atoms with Crippen LogP contribution in [0.25, 0.3) is 0 Å². The van der Waals surface area contributed by atoms with Crippen molar-refractivity contribution in [3.05, 3.63) is 64.6 Å². The average molecular weight is 231 g/mol. The van der Waals surface area contributed by atoms with Gasteiger partial charge in [-0.2, -0.15) is 0 Å². The van der Waals surface area contributed by atoms with Crippen molar-refractivity contribution >= 4 is 0 Å². The molecule has 0 fully saturated rings. The van der Waals surface area contributed by atoms with E-state index in [1.807, 2.05) is 44.2 Å². The molecule has 1 aromatic heterocycles. The van der Waals surface area contributed by atoms with Gasteiger partial charge in [0.15, 0.2) is 0 Å². The van der Waals surface area contributed by atoms with Gasteiger partial charge >= 0.3 is 0 Å². The quantitative estimate of drug-likeness (QED) is 0.863. The highest BCUT2D eigenvalue weighted by Crippen LogP contribution is 2.04. The zero-order valence-corrected chi connectivity index (χ0v) is 10.1. The Balaban J connectivity index is 0.000000686. The summed E-state index contributed by atoms with van der Waals surface area (Å²) < 4.78 is 1.55. The summed E-state index contributed by atoms with van der Waals surface area (Å²) in [6.45, 7) is 4.53. The Hall–Kier alpha value is -2.03. The Morgan fingerprint density at radius 2 is 1.76 bits per heavy atom.